The molecule has 1 aromatic rings. The summed E-state index contributed by atoms with van der Waals surface area (Å²) in [6, 6.07) is 1.38. The predicted octanol–water partition coefficient (Wildman–Crippen LogP) is 0.819. The van der Waals surface area contributed by atoms with Crippen molar-refractivity contribution < 1.29 is 14.0 Å². The van der Waals surface area contributed by atoms with Crippen molar-refractivity contribution in [3.63, 3.8) is 0 Å². The summed E-state index contributed by atoms with van der Waals surface area (Å²) in [5.41, 5.74) is -0.484. The molecule has 0 bridgehead atoms. The lowest BCUT2D eigenvalue weighted by atomic mass is 9.78. The fraction of sp³-hybridized carbons (Fsp3) is 0.500. The molecule has 0 aromatic carbocycles. The van der Waals surface area contributed by atoms with Crippen molar-refractivity contribution in [2.24, 2.45) is 11.3 Å². The number of halogens is 1. The van der Waals surface area contributed by atoms with Gasteiger partial charge in [0.2, 0.25) is 5.91 Å². The quantitative estimate of drug-likeness (QED) is 0.826. The summed E-state index contributed by atoms with van der Waals surface area (Å²) in [6.45, 7) is 3.46. The molecule has 5 nitrogen and oxygen atoms in total. The molecule has 106 valence electrons. The number of carbonyl (C=O) groups is 2. The molecule has 2 saturated heterocycles. The number of aromatic nitrogens is 1. The molecule has 2 fully saturated rings. The lowest BCUT2D eigenvalue weighted by molar-refractivity contribution is -0.128. The number of hydrogen-bond donors (Lipinski definition) is 1. The van der Waals surface area contributed by atoms with Crippen molar-refractivity contribution in [1.82, 2.24) is 15.2 Å². The summed E-state index contributed by atoms with van der Waals surface area (Å²) in [6.07, 6.45) is 3.16. The van der Waals surface area contributed by atoms with E-state index in [1.165, 1.54) is 12.3 Å². The van der Waals surface area contributed by atoms with Crippen LogP contribution >= 0.6 is 0 Å². The lowest BCUT2D eigenvalue weighted by Gasteiger charge is -2.23. The van der Waals surface area contributed by atoms with Crippen LogP contribution in [0.15, 0.2) is 18.5 Å². The van der Waals surface area contributed by atoms with Crippen molar-refractivity contribution in [3.8, 4) is 0 Å². The topological polar surface area (TPSA) is 62.3 Å². The monoisotopic (exact) mass is 277 g/mol. The van der Waals surface area contributed by atoms with Crippen LogP contribution in [-0.4, -0.2) is 41.3 Å². The van der Waals surface area contributed by atoms with Crippen LogP contribution < -0.4 is 5.32 Å². The van der Waals surface area contributed by atoms with E-state index in [9.17, 15) is 14.0 Å². The van der Waals surface area contributed by atoms with Gasteiger partial charge in [0.25, 0.3) is 5.91 Å². The maximum Gasteiger partial charge on any atom is 0.256 e. The molecule has 0 radical (unpaired) electrons. The molecule has 1 N–H and O–H groups in total. The van der Waals surface area contributed by atoms with Gasteiger partial charge in [-0.3, -0.25) is 14.6 Å². The van der Waals surface area contributed by atoms with Crippen LogP contribution in [0, 0.1) is 17.2 Å². The largest absolute Gasteiger partial charge is 0.356 e. The number of nitrogens with zero attached hydrogens (tertiary/aromatic N) is 2. The molecule has 0 unspecified atom stereocenters. The second-order valence-corrected chi connectivity index (χ2v) is 5.60. The minimum Gasteiger partial charge on any atom is -0.356 e. The fourth-order valence-corrected chi connectivity index (χ4v) is 3.25. The standard InChI is InChI=1S/C14H16FN3O2/c1-9-7-18(8-14(9)3-5-17-13(14)20)12(19)10-2-4-16-6-11(10)15/h2,4,6,9H,3,5,7-8H2,1H3,(H,17,20)/t9-,14-/m1/s1. The molecule has 2 aliphatic heterocycles. The Hall–Kier alpha value is -1.98. The highest BCUT2D eigenvalue weighted by Crippen LogP contribution is 2.42. The SMILES string of the molecule is C[C@@H]1CN(C(=O)c2ccncc2F)C[C@]12CCNC2=O. The van der Waals surface area contributed by atoms with Crippen LogP contribution in [0.2, 0.25) is 0 Å². The molecule has 2 amide bonds. The average molecular weight is 277 g/mol. The van der Waals surface area contributed by atoms with Gasteiger partial charge < -0.3 is 10.2 Å². The molecule has 0 aliphatic carbocycles. The van der Waals surface area contributed by atoms with E-state index in [1.807, 2.05) is 6.92 Å². The van der Waals surface area contributed by atoms with Crippen molar-refractivity contribution in [3.05, 3.63) is 29.8 Å². The number of hydrogen-bond acceptors (Lipinski definition) is 3. The number of nitrogens with one attached hydrogen (secondary N) is 1. The van der Waals surface area contributed by atoms with Gasteiger partial charge in [0.05, 0.1) is 17.2 Å². The first kappa shape index (κ1) is 13.0. The molecular formula is C14H16FN3O2. The molecule has 6 heteroatoms. The van der Waals surface area contributed by atoms with Crippen LogP contribution in [0.25, 0.3) is 0 Å². The van der Waals surface area contributed by atoms with Gasteiger partial charge >= 0.3 is 0 Å². The zero-order valence-corrected chi connectivity index (χ0v) is 11.2. The smallest absolute Gasteiger partial charge is 0.256 e. The normalized spacial score (nSPS) is 29.0. The first-order chi connectivity index (χ1) is 9.54. The number of likely N-dealkylation sites (tertiary alicyclic amines) is 1. The second-order valence-electron chi connectivity index (χ2n) is 5.60. The Bertz CT molecular complexity index is 577. The van der Waals surface area contributed by atoms with Gasteiger partial charge in [0.15, 0.2) is 5.82 Å². The lowest BCUT2D eigenvalue weighted by Crippen LogP contribution is -2.38. The molecule has 0 saturated carbocycles. The molecular weight excluding hydrogens is 261 g/mol. The van der Waals surface area contributed by atoms with E-state index < -0.39 is 11.2 Å². The van der Waals surface area contributed by atoms with Crippen molar-refractivity contribution >= 4 is 11.8 Å². The molecule has 2 aliphatic rings. The summed E-state index contributed by atoms with van der Waals surface area (Å²) >= 11 is 0. The summed E-state index contributed by atoms with van der Waals surface area (Å²) in [7, 11) is 0. The van der Waals surface area contributed by atoms with E-state index in [1.54, 1.807) is 4.90 Å². The minimum atomic E-state index is -0.623. The van der Waals surface area contributed by atoms with E-state index in [-0.39, 0.29) is 23.3 Å². The first-order valence-corrected chi connectivity index (χ1v) is 6.72. The fourth-order valence-electron chi connectivity index (χ4n) is 3.25. The second kappa shape index (κ2) is 4.54. The van der Waals surface area contributed by atoms with Crippen LogP contribution in [0.1, 0.15) is 23.7 Å². The number of rotatable bonds is 1. The molecule has 3 heterocycles. The van der Waals surface area contributed by atoms with Gasteiger partial charge in [0, 0.05) is 25.8 Å². The van der Waals surface area contributed by atoms with Gasteiger partial charge in [0.1, 0.15) is 0 Å². The van der Waals surface area contributed by atoms with Gasteiger partial charge in [-0.05, 0) is 18.4 Å². The van der Waals surface area contributed by atoms with Crippen molar-refractivity contribution in [2.45, 2.75) is 13.3 Å². The molecule has 2 atom stereocenters. The van der Waals surface area contributed by atoms with Gasteiger partial charge in [-0.2, -0.15) is 0 Å². The number of carbonyl (C=O) groups excluding carboxylic acids is 2. The maximum atomic E-state index is 13.6. The average Bonchev–Trinajstić information content (AvgIpc) is 2.96. The molecule has 1 aromatic heterocycles. The summed E-state index contributed by atoms with van der Waals surface area (Å²) in [4.78, 5) is 29.7. The number of amides is 2. The van der Waals surface area contributed by atoms with E-state index in [0.717, 1.165) is 12.6 Å². The predicted molar refractivity (Wildman–Crippen MR) is 69.3 cm³/mol. The minimum absolute atomic E-state index is 0.00972. The van der Waals surface area contributed by atoms with Crippen LogP contribution in [0.5, 0.6) is 0 Å². The Morgan fingerprint density at radius 2 is 2.40 bits per heavy atom. The molecule has 3 rings (SSSR count). The van der Waals surface area contributed by atoms with Crippen molar-refractivity contribution in [2.75, 3.05) is 19.6 Å². The highest BCUT2D eigenvalue weighted by Gasteiger charge is 2.53. The van der Waals surface area contributed by atoms with Crippen LogP contribution in [0.4, 0.5) is 4.39 Å². The Kier molecular flexibility index (Phi) is 2.96. The van der Waals surface area contributed by atoms with Crippen LogP contribution in [0.3, 0.4) is 0 Å². The highest BCUT2D eigenvalue weighted by atomic mass is 19.1. The van der Waals surface area contributed by atoms with E-state index in [2.05, 4.69) is 10.3 Å². The first-order valence-electron chi connectivity index (χ1n) is 6.72. The third-order valence-electron chi connectivity index (χ3n) is 4.51. The van der Waals surface area contributed by atoms with E-state index in [0.29, 0.717) is 19.6 Å². The Labute approximate surface area is 116 Å². The van der Waals surface area contributed by atoms with E-state index in [4.69, 9.17) is 0 Å². The van der Waals surface area contributed by atoms with Crippen LogP contribution in [-0.2, 0) is 4.79 Å². The number of pyridine rings is 1. The summed E-state index contributed by atoms with van der Waals surface area (Å²) in [5.74, 6) is -0.898. The Morgan fingerprint density at radius 1 is 1.60 bits per heavy atom. The van der Waals surface area contributed by atoms with Gasteiger partial charge in [-0.1, -0.05) is 6.92 Å². The summed E-state index contributed by atoms with van der Waals surface area (Å²) < 4.78 is 13.6. The zero-order valence-electron chi connectivity index (χ0n) is 11.2. The van der Waals surface area contributed by atoms with E-state index >= 15 is 0 Å². The summed E-state index contributed by atoms with van der Waals surface area (Å²) in [5, 5.41) is 2.83. The highest BCUT2D eigenvalue weighted by molar-refractivity contribution is 5.96. The molecule has 1 spiro atoms. The van der Waals surface area contributed by atoms with Gasteiger partial charge in [-0.25, -0.2) is 4.39 Å². The maximum absolute atomic E-state index is 13.6. The third kappa shape index (κ3) is 1.78. The zero-order chi connectivity index (χ0) is 14.3. The van der Waals surface area contributed by atoms with Crippen molar-refractivity contribution in [1.29, 1.82) is 0 Å². The molecule has 20 heavy (non-hydrogen) atoms. The third-order valence-corrected chi connectivity index (χ3v) is 4.51. The Balaban J connectivity index is 1.85. The van der Waals surface area contributed by atoms with Gasteiger partial charge in [-0.15, -0.1) is 0 Å². The Morgan fingerprint density at radius 3 is 3.05 bits per heavy atom.